The molecule has 1 heterocycles. The van der Waals surface area contributed by atoms with E-state index in [0.29, 0.717) is 24.5 Å². The standard InChI is InChI=1S/C13H26N4O2S/c1-15(6-3-12(14)20)13(19)11-17-5-2-4-16(7-8-17)9-10-18/h18H,2-11H2,1H3,(H2,14,20). The van der Waals surface area contributed by atoms with Crippen LogP contribution in [0.15, 0.2) is 0 Å². The molecule has 0 atom stereocenters. The van der Waals surface area contributed by atoms with Gasteiger partial charge in [-0.05, 0) is 19.5 Å². The van der Waals surface area contributed by atoms with E-state index >= 15 is 0 Å². The minimum atomic E-state index is 0.108. The number of carbonyl (C=O) groups is 1. The van der Waals surface area contributed by atoms with Crippen molar-refractivity contribution in [3.63, 3.8) is 0 Å². The Morgan fingerprint density at radius 2 is 1.95 bits per heavy atom. The summed E-state index contributed by atoms with van der Waals surface area (Å²) in [5.74, 6) is 0.108. The summed E-state index contributed by atoms with van der Waals surface area (Å²) in [5.41, 5.74) is 5.45. The van der Waals surface area contributed by atoms with Crippen LogP contribution in [0.2, 0.25) is 0 Å². The Bertz CT molecular complexity index is 327. The summed E-state index contributed by atoms with van der Waals surface area (Å²) in [6, 6.07) is 0. The van der Waals surface area contributed by atoms with Crippen molar-refractivity contribution < 1.29 is 9.90 Å². The highest BCUT2D eigenvalue weighted by atomic mass is 32.1. The van der Waals surface area contributed by atoms with Crippen LogP contribution >= 0.6 is 12.2 Å². The van der Waals surface area contributed by atoms with E-state index in [4.69, 9.17) is 23.1 Å². The molecule has 1 fully saturated rings. The van der Waals surface area contributed by atoms with E-state index in [2.05, 4.69) is 9.80 Å². The van der Waals surface area contributed by atoms with Crippen LogP contribution in [-0.2, 0) is 4.79 Å². The number of amides is 1. The Balaban J connectivity index is 2.32. The molecule has 0 aromatic heterocycles. The Hall–Kier alpha value is -0.760. The van der Waals surface area contributed by atoms with Crippen molar-refractivity contribution >= 4 is 23.1 Å². The molecule has 0 aromatic rings. The smallest absolute Gasteiger partial charge is 0.236 e. The summed E-state index contributed by atoms with van der Waals surface area (Å²) in [5, 5.41) is 8.96. The number of nitrogens with zero attached hydrogens (tertiary/aromatic N) is 3. The van der Waals surface area contributed by atoms with E-state index in [1.807, 2.05) is 0 Å². The van der Waals surface area contributed by atoms with E-state index < -0.39 is 0 Å². The fourth-order valence-corrected chi connectivity index (χ4v) is 2.35. The lowest BCUT2D eigenvalue weighted by atomic mass is 10.3. The zero-order chi connectivity index (χ0) is 15.0. The van der Waals surface area contributed by atoms with Gasteiger partial charge in [0.1, 0.15) is 0 Å². The fraction of sp³-hybridized carbons (Fsp3) is 0.846. The molecule has 0 aromatic carbocycles. The molecule has 20 heavy (non-hydrogen) atoms. The van der Waals surface area contributed by atoms with E-state index in [1.165, 1.54) is 0 Å². The molecule has 0 bridgehead atoms. The van der Waals surface area contributed by atoms with Crippen LogP contribution in [0.5, 0.6) is 0 Å². The maximum absolute atomic E-state index is 12.1. The number of thiocarbonyl (C=S) groups is 1. The van der Waals surface area contributed by atoms with Crippen molar-refractivity contribution in [3.05, 3.63) is 0 Å². The van der Waals surface area contributed by atoms with Crippen LogP contribution in [0.25, 0.3) is 0 Å². The van der Waals surface area contributed by atoms with Crippen LogP contribution < -0.4 is 5.73 Å². The van der Waals surface area contributed by atoms with Crippen LogP contribution in [0.4, 0.5) is 0 Å². The zero-order valence-corrected chi connectivity index (χ0v) is 13.1. The SMILES string of the molecule is CN(CCC(N)=S)C(=O)CN1CCCN(CCO)CC1. The summed E-state index contributed by atoms with van der Waals surface area (Å²) >= 11 is 4.82. The van der Waals surface area contributed by atoms with Crippen molar-refractivity contribution in [3.8, 4) is 0 Å². The molecule has 3 N–H and O–H groups in total. The molecular weight excluding hydrogens is 276 g/mol. The van der Waals surface area contributed by atoms with Crippen molar-refractivity contribution in [1.82, 2.24) is 14.7 Å². The monoisotopic (exact) mass is 302 g/mol. The molecule has 0 unspecified atom stereocenters. The first-order valence-electron chi connectivity index (χ1n) is 7.10. The number of nitrogens with two attached hydrogens (primary N) is 1. The summed E-state index contributed by atoms with van der Waals surface area (Å²) in [6.07, 6.45) is 1.60. The number of aliphatic hydroxyl groups is 1. The maximum atomic E-state index is 12.1. The second-order valence-electron chi connectivity index (χ2n) is 5.23. The van der Waals surface area contributed by atoms with Crippen molar-refractivity contribution in [1.29, 1.82) is 0 Å². The van der Waals surface area contributed by atoms with Gasteiger partial charge in [-0.15, -0.1) is 0 Å². The number of carbonyl (C=O) groups excluding carboxylic acids is 1. The normalized spacial score (nSPS) is 17.7. The second kappa shape index (κ2) is 9.23. The maximum Gasteiger partial charge on any atom is 0.236 e. The molecule has 0 radical (unpaired) electrons. The topological polar surface area (TPSA) is 73.0 Å². The molecule has 0 spiro atoms. The first kappa shape index (κ1) is 17.3. The van der Waals surface area contributed by atoms with Crippen molar-refractivity contribution in [2.24, 2.45) is 5.73 Å². The molecule has 6 nitrogen and oxygen atoms in total. The van der Waals surface area contributed by atoms with E-state index in [0.717, 1.165) is 39.1 Å². The molecule has 1 saturated heterocycles. The summed E-state index contributed by atoms with van der Waals surface area (Å²) in [4.78, 5) is 18.6. The lowest BCUT2D eigenvalue weighted by molar-refractivity contribution is -0.131. The Kier molecular flexibility index (Phi) is 7.98. The largest absolute Gasteiger partial charge is 0.395 e. The van der Waals surface area contributed by atoms with E-state index in [1.54, 1.807) is 11.9 Å². The quantitative estimate of drug-likeness (QED) is 0.595. The Morgan fingerprint density at radius 1 is 1.30 bits per heavy atom. The average molecular weight is 302 g/mol. The highest BCUT2D eigenvalue weighted by Crippen LogP contribution is 2.03. The molecule has 0 saturated carbocycles. The van der Waals surface area contributed by atoms with Crippen molar-refractivity contribution in [2.45, 2.75) is 12.8 Å². The lowest BCUT2D eigenvalue weighted by Crippen LogP contribution is -2.41. The third-order valence-electron chi connectivity index (χ3n) is 3.58. The first-order chi connectivity index (χ1) is 9.52. The fourth-order valence-electron chi connectivity index (χ4n) is 2.26. The molecule has 116 valence electrons. The average Bonchev–Trinajstić information content (AvgIpc) is 2.62. The van der Waals surface area contributed by atoms with Gasteiger partial charge in [-0.2, -0.15) is 0 Å². The highest BCUT2D eigenvalue weighted by molar-refractivity contribution is 7.80. The number of hydrogen-bond acceptors (Lipinski definition) is 5. The van der Waals surface area contributed by atoms with Gasteiger partial charge >= 0.3 is 0 Å². The summed E-state index contributed by atoms with van der Waals surface area (Å²) < 4.78 is 0. The van der Waals surface area contributed by atoms with E-state index in [-0.39, 0.29) is 12.5 Å². The molecule has 0 aliphatic carbocycles. The van der Waals surface area contributed by atoms with Gasteiger partial charge in [0.25, 0.3) is 0 Å². The molecule has 1 rings (SSSR count). The molecule has 1 aliphatic rings. The molecular formula is C13H26N4O2S. The third kappa shape index (κ3) is 6.60. The minimum absolute atomic E-state index is 0.108. The predicted molar refractivity (Wildman–Crippen MR) is 83.6 cm³/mol. The number of aliphatic hydroxyl groups excluding tert-OH is 1. The van der Waals surface area contributed by atoms with Gasteiger partial charge in [-0.3, -0.25) is 14.6 Å². The molecule has 1 aliphatic heterocycles. The van der Waals surface area contributed by atoms with Crippen LogP contribution in [0.1, 0.15) is 12.8 Å². The van der Waals surface area contributed by atoms with Gasteiger partial charge in [-0.1, -0.05) is 12.2 Å². The van der Waals surface area contributed by atoms with Crippen molar-refractivity contribution in [2.75, 3.05) is 59.5 Å². The van der Waals surface area contributed by atoms with Crippen LogP contribution in [-0.4, -0.2) is 90.2 Å². The molecule has 1 amide bonds. The Labute approximate surface area is 126 Å². The van der Waals surface area contributed by atoms with Gasteiger partial charge in [0.2, 0.25) is 5.91 Å². The third-order valence-corrected chi connectivity index (χ3v) is 3.78. The number of β-amino-alcohol motifs (C(OH)–C–C–N with tert-alkyl or cyclic N) is 1. The number of rotatable bonds is 7. The van der Waals surface area contributed by atoms with Gasteiger partial charge in [-0.25, -0.2) is 0 Å². The predicted octanol–water partition coefficient (Wildman–Crippen LogP) is -0.879. The van der Waals surface area contributed by atoms with Gasteiger partial charge in [0.05, 0.1) is 18.1 Å². The lowest BCUT2D eigenvalue weighted by Gasteiger charge is -2.24. The number of likely N-dealkylation sites (N-methyl/N-ethyl adjacent to an activating group) is 1. The zero-order valence-electron chi connectivity index (χ0n) is 12.3. The second-order valence-corrected chi connectivity index (χ2v) is 5.75. The van der Waals surface area contributed by atoms with E-state index in [9.17, 15) is 4.79 Å². The highest BCUT2D eigenvalue weighted by Gasteiger charge is 2.18. The number of hydrogen-bond donors (Lipinski definition) is 2. The van der Waals surface area contributed by atoms with Crippen LogP contribution in [0, 0.1) is 0 Å². The van der Waals surface area contributed by atoms with Gasteiger partial charge in [0.15, 0.2) is 0 Å². The first-order valence-corrected chi connectivity index (χ1v) is 7.51. The van der Waals surface area contributed by atoms with Gasteiger partial charge in [0, 0.05) is 39.6 Å². The minimum Gasteiger partial charge on any atom is -0.395 e. The molecule has 7 heteroatoms. The summed E-state index contributed by atoms with van der Waals surface area (Å²) in [7, 11) is 1.79. The van der Waals surface area contributed by atoms with Crippen LogP contribution in [0.3, 0.4) is 0 Å². The Morgan fingerprint density at radius 3 is 2.60 bits per heavy atom. The summed E-state index contributed by atoms with van der Waals surface area (Å²) in [6.45, 7) is 5.63. The van der Waals surface area contributed by atoms with Gasteiger partial charge < -0.3 is 15.7 Å².